The minimum Gasteiger partial charge on any atom is -0.497 e. The quantitative estimate of drug-likeness (QED) is 0.442. The molecule has 0 saturated carbocycles. The van der Waals surface area contributed by atoms with Gasteiger partial charge in [0.25, 0.3) is 5.91 Å². The highest BCUT2D eigenvalue weighted by atomic mass is 32.1. The van der Waals surface area contributed by atoms with Crippen molar-refractivity contribution in [3.63, 3.8) is 0 Å². The lowest BCUT2D eigenvalue weighted by atomic mass is 10.1. The smallest absolute Gasteiger partial charge is 0.261 e. The van der Waals surface area contributed by atoms with Crippen molar-refractivity contribution in [3.8, 4) is 5.75 Å². The van der Waals surface area contributed by atoms with Crippen molar-refractivity contribution in [1.82, 2.24) is 5.32 Å². The Kier molecular flexibility index (Phi) is 6.63. The van der Waals surface area contributed by atoms with Crippen molar-refractivity contribution in [2.45, 2.75) is 19.9 Å². The predicted octanol–water partition coefficient (Wildman–Crippen LogP) is 3.92. The molecule has 8 heteroatoms. The van der Waals surface area contributed by atoms with Gasteiger partial charge in [0.2, 0.25) is 5.96 Å². The van der Waals surface area contributed by atoms with Crippen molar-refractivity contribution in [2.24, 2.45) is 15.8 Å². The van der Waals surface area contributed by atoms with Crippen LogP contribution in [-0.4, -0.2) is 31.2 Å². The van der Waals surface area contributed by atoms with E-state index in [0.717, 1.165) is 27.6 Å². The summed E-state index contributed by atoms with van der Waals surface area (Å²) in [4.78, 5) is 23.3. The average Bonchev–Trinajstić information content (AvgIpc) is 3.34. The van der Waals surface area contributed by atoms with Crippen molar-refractivity contribution in [3.05, 3.63) is 81.5 Å². The maximum Gasteiger partial charge on any atom is 0.261 e. The normalized spacial score (nSPS) is 13.2. The number of hydrogen-bond donors (Lipinski definition) is 2. The summed E-state index contributed by atoms with van der Waals surface area (Å²) in [6, 6.07) is 19.3. The van der Waals surface area contributed by atoms with Gasteiger partial charge >= 0.3 is 0 Å². The van der Waals surface area contributed by atoms with E-state index in [9.17, 15) is 4.79 Å². The van der Waals surface area contributed by atoms with Crippen LogP contribution in [0.1, 0.15) is 32.1 Å². The van der Waals surface area contributed by atoms with E-state index in [1.165, 1.54) is 21.9 Å². The fourth-order valence-corrected chi connectivity index (χ4v) is 4.17. The number of amides is 1. The van der Waals surface area contributed by atoms with E-state index in [1.54, 1.807) is 7.11 Å². The lowest BCUT2D eigenvalue weighted by molar-refractivity contribution is 0.0955. The number of aliphatic imine (C=N–C) groups is 2. The number of carbonyl (C=O) groups excluding carboxylic acids is 1. The van der Waals surface area contributed by atoms with Crippen molar-refractivity contribution < 1.29 is 9.53 Å². The Morgan fingerprint density at radius 1 is 1.12 bits per heavy atom. The third-order valence-corrected chi connectivity index (χ3v) is 6.22. The Morgan fingerprint density at radius 3 is 2.59 bits per heavy atom. The number of thiophene rings is 1. The Bertz CT molecular complexity index is 1150. The van der Waals surface area contributed by atoms with Gasteiger partial charge in [-0.05, 0) is 48.9 Å². The Morgan fingerprint density at radius 2 is 1.88 bits per heavy atom. The molecule has 3 N–H and O–H groups in total. The number of nitrogens with two attached hydrogens (primary N) is 1. The SMILES string of the molecule is COc1ccc(N(N)C2=NCCC(c3ccc(C(=O)NCc4ccc(C)cc4)s3)=N2)cc1. The van der Waals surface area contributed by atoms with Gasteiger partial charge < -0.3 is 10.1 Å². The molecule has 0 unspecified atom stereocenters. The maximum absolute atomic E-state index is 12.6. The third-order valence-electron chi connectivity index (χ3n) is 5.09. The number of rotatable bonds is 6. The number of anilines is 1. The molecule has 0 aliphatic carbocycles. The molecule has 0 spiro atoms. The molecule has 0 bridgehead atoms. The first kappa shape index (κ1) is 21.7. The summed E-state index contributed by atoms with van der Waals surface area (Å²) in [6.07, 6.45) is 0.699. The number of aryl methyl sites for hydroxylation is 1. The summed E-state index contributed by atoms with van der Waals surface area (Å²) in [5, 5.41) is 4.44. The van der Waals surface area contributed by atoms with E-state index in [1.807, 2.05) is 67.6 Å². The van der Waals surface area contributed by atoms with Gasteiger partial charge in [-0.1, -0.05) is 29.8 Å². The van der Waals surface area contributed by atoms with Crippen LogP contribution in [0.2, 0.25) is 0 Å². The van der Waals surface area contributed by atoms with Gasteiger partial charge in [0.15, 0.2) is 0 Å². The molecule has 0 radical (unpaired) electrons. The summed E-state index contributed by atoms with van der Waals surface area (Å²) in [5.41, 5.74) is 3.90. The summed E-state index contributed by atoms with van der Waals surface area (Å²) >= 11 is 1.43. The Labute approximate surface area is 191 Å². The molecule has 1 amide bonds. The Hall–Kier alpha value is -3.49. The van der Waals surface area contributed by atoms with Crippen LogP contribution >= 0.6 is 11.3 Å². The van der Waals surface area contributed by atoms with Crippen LogP contribution in [0.5, 0.6) is 5.75 Å². The number of benzene rings is 2. The number of carbonyl (C=O) groups is 1. The number of ether oxygens (including phenoxy) is 1. The van der Waals surface area contributed by atoms with Crippen molar-refractivity contribution in [2.75, 3.05) is 18.7 Å². The van der Waals surface area contributed by atoms with E-state index < -0.39 is 0 Å². The van der Waals surface area contributed by atoms with Crippen molar-refractivity contribution in [1.29, 1.82) is 0 Å². The van der Waals surface area contributed by atoms with Crippen LogP contribution < -0.4 is 20.9 Å². The Balaban J connectivity index is 1.43. The highest BCUT2D eigenvalue weighted by molar-refractivity contribution is 7.16. The fourth-order valence-electron chi connectivity index (χ4n) is 3.23. The summed E-state index contributed by atoms with van der Waals surface area (Å²) in [6.45, 7) is 3.12. The van der Waals surface area contributed by atoms with Gasteiger partial charge in [-0.25, -0.2) is 20.8 Å². The minimum absolute atomic E-state index is 0.0918. The predicted molar refractivity (Wildman–Crippen MR) is 130 cm³/mol. The van der Waals surface area contributed by atoms with Crippen LogP contribution in [0.25, 0.3) is 0 Å². The standard InChI is InChI=1S/C24H25N5O2S/c1-16-3-5-17(6-4-16)15-27-23(30)22-12-11-21(32-22)20-13-14-26-24(28-20)29(25)18-7-9-19(31-2)10-8-18/h3-12H,13-15,25H2,1-2H3,(H,27,30). The van der Waals surface area contributed by atoms with Crippen LogP contribution in [0.15, 0.2) is 70.6 Å². The van der Waals surface area contributed by atoms with E-state index in [2.05, 4.69) is 15.3 Å². The topological polar surface area (TPSA) is 92.3 Å². The van der Waals surface area contributed by atoms with E-state index in [-0.39, 0.29) is 5.91 Å². The molecule has 164 valence electrons. The molecule has 1 aromatic heterocycles. The highest BCUT2D eigenvalue weighted by Crippen LogP contribution is 2.23. The highest BCUT2D eigenvalue weighted by Gasteiger charge is 2.18. The second kappa shape index (κ2) is 9.76. The second-order valence-corrected chi connectivity index (χ2v) is 8.47. The third kappa shape index (κ3) is 5.04. The van der Waals surface area contributed by atoms with E-state index in [4.69, 9.17) is 10.6 Å². The molecule has 2 aromatic carbocycles. The summed E-state index contributed by atoms with van der Waals surface area (Å²) in [7, 11) is 1.62. The first-order valence-corrected chi connectivity index (χ1v) is 11.1. The minimum atomic E-state index is -0.0918. The van der Waals surface area contributed by atoms with Gasteiger partial charge in [-0.2, -0.15) is 0 Å². The fraction of sp³-hybridized carbons (Fsp3) is 0.208. The monoisotopic (exact) mass is 447 g/mol. The van der Waals surface area contributed by atoms with Gasteiger partial charge in [-0.15, -0.1) is 11.3 Å². The first-order valence-electron chi connectivity index (χ1n) is 10.3. The zero-order valence-corrected chi connectivity index (χ0v) is 18.9. The van der Waals surface area contributed by atoms with Crippen LogP contribution in [-0.2, 0) is 6.54 Å². The molecule has 32 heavy (non-hydrogen) atoms. The lowest BCUT2D eigenvalue weighted by Crippen LogP contribution is -2.38. The number of methoxy groups -OCH3 is 1. The van der Waals surface area contributed by atoms with Crippen molar-refractivity contribution >= 4 is 34.6 Å². The van der Waals surface area contributed by atoms with Crippen LogP contribution in [0.4, 0.5) is 5.69 Å². The summed E-state index contributed by atoms with van der Waals surface area (Å²) < 4.78 is 5.19. The molecule has 1 aliphatic heterocycles. The molecule has 2 heterocycles. The largest absolute Gasteiger partial charge is 0.497 e. The molecule has 0 fully saturated rings. The van der Waals surface area contributed by atoms with Crippen LogP contribution in [0, 0.1) is 6.92 Å². The van der Waals surface area contributed by atoms with E-state index in [0.29, 0.717) is 30.3 Å². The number of guanidine groups is 1. The molecule has 4 rings (SSSR count). The summed E-state index contributed by atoms with van der Waals surface area (Å²) in [5.74, 6) is 7.35. The maximum atomic E-state index is 12.6. The number of hydrazine groups is 1. The number of nitrogens with one attached hydrogen (secondary N) is 1. The molecular weight excluding hydrogens is 422 g/mol. The molecule has 3 aromatic rings. The van der Waals surface area contributed by atoms with E-state index >= 15 is 0 Å². The molecular formula is C24H25N5O2S. The zero-order valence-electron chi connectivity index (χ0n) is 18.0. The molecule has 1 aliphatic rings. The van der Waals surface area contributed by atoms with Gasteiger partial charge in [0.1, 0.15) is 5.75 Å². The second-order valence-electron chi connectivity index (χ2n) is 7.39. The van der Waals surface area contributed by atoms with Crippen LogP contribution in [0.3, 0.4) is 0 Å². The van der Waals surface area contributed by atoms with Gasteiger partial charge in [-0.3, -0.25) is 4.79 Å². The van der Waals surface area contributed by atoms with Gasteiger partial charge in [0.05, 0.1) is 23.4 Å². The lowest BCUT2D eigenvalue weighted by Gasteiger charge is -2.21. The molecule has 0 atom stereocenters. The molecule has 0 saturated heterocycles. The first-order chi connectivity index (χ1) is 15.5. The average molecular weight is 448 g/mol. The molecule has 7 nitrogen and oxygen atoms in total. The number of hydrogen-bond acceptors (Lipinski definition) is 7. The zero-order chi connectivity index (χ0) is 22.5. The number of nitrogens with zero attached hydrogens (tertiary/aromatic N) is 3. The van der Waals surface area contributed by atoms with Gasteiger partial charge in [0, 0.05) is 24.4 Å².